The Labute approximate surface area is 188 Å². The zero-order chi connectivity index (χ0) is 22.4. The van der Waals surface area contributed by atoms with Gasteiger partial charge in [-0.1, -0.05) is 24.3 Å². The molecule has 2 aliphatic heterocycles. The SMILES string of the molecule is CC(=O)N1c2ccc(-c3ccc4c(c3)CCN(C)C4)cc2N(C(=O)c2ccco2)C[C@@H]1C. The number of hydrogen-bond donors (Lipinski definition) is 0. The molecule has 32 heavy (non-hydrogen) atoms. The van der Waals surface area contributed by atoms with Crippen LogP contribution in [0.4, 0.5) is 11.4 Å². The highest BCUT2D eigenvalue weighted by Crippen LogP contribution is 2.40. The van der Waals surface area contributed by atoms with Crippen LogP contribution >= 0.6 is 0 Å². The number of carbonyl (C=O) groups excluding carboxylic acids is 2. The van der Waals surface area contributed by atoms with Crippen LogP contribution in [0.25, 0.3) is 11.1 Å². The minimum absolute atomic E-state index is 0.0329. The van der Waals surface area contributed by atoms with E-state index < -0.39 is 0 Å². The Morgan fingerprint density at radius 3 is 2.53 bits per heavy atom. The number of hydrogen-bond acceptors (Lipinski definition) is 4. The van der Waals surface area contributed by atoms with Crippen LogP contribution in [0, 0.1) is 0 Å². The first-order valence-corrected chi connectivity index (χ1v) is 11.0. The number of furan rings is 1. The summed E-state index contributed by atoms with van der Waals surface area (Å²) in [5, 5.41) is 0. The molecular weight excluding hydrogens is 402 g/mol. The lowest BCUT2D eigenvalue weighted by atomic mass is 9.94. The molecule has 0 unspecified atom stereocenters. The van der Waals surface area contributed by atoms with E-state index in [1.165, 1.54) is 17.4 Å². The molecule has 164 valence electrons. The summed E-state index contributed by atoms with van der Waals surface area (Å²) in [6.07, 6.45) is 2.54. The predicted octanol–water partition coefficient (Wildman–Crippen LogP) is 4.34. The summed E-state index contributed by atoms with van der Waals surface area (Å²) in [7, 11) is 2.15. The molecule has 0 radical (unpaired) electrons. The summed E-state index contributed by atoms with van der Waals surface area (Å²) in [6.45, 7) is 5.96. The third-order valence-corrected chi connectivity index (χ3v) is 6.47. The number of carbonyl (C=O) groups is 2. The van der Waals surface area contributed by atoms with E-state index in [0.29, 0.717) is 12.3 Å². The second-order valence-electron chi connectivity index (χ2n) is 8.81. The number of fused-ring (bicyclic) bond motifs is 2. The van der Waals surface area contributed by atoms with Crippen molar-refractivity contribution in [2.45, 2.75) is 32.9 Å². The van der Waals surface area contributed by atoms with E-state index in [1.54, 1.807) is 28.9 Å². The van der Waals surface area contributed by atoms with E-state index in [1.807, 2.05) is 25.1 Å². The smallest absolute Gasteiger partial charge is 0.294 e. The zero-order valence-electron chi connectivity index (χ0n) is 18.7. The molecule has 0 saturated heterocycles. The standard InChI is InChI=1S/C26H27N3O3/c1-17-15-28(26(31)25-5-4-12-32-25)24-14-20(8-9-23(24)29(17)18(2)30)19-6-7-22-16-27(3)11-10-21(22)13-19/h4-9,12-14,17H,10-11,15-16H2,1-3H3/t17-/m0/s1. The average molecular weight is 430 g/mol. The molecule has 1 atom stereocenters. The van der Waals surface area contributed by atoms with Gasteiger partial charge in [0.15, 0.2) is 5.76 Å². The lowest BCUT2D eigenvalue weighted by Crippen LogP contribution is -2.51. The summed E-state index contributed by atoms with van der Waals surface area (Å²) < 4.78 is 5.38. The molecule has 2 aromatic carbocycles. The summed E-state index contributed by atoms with van der Waals surface area (Å²) in [6, 6.07) is 15.9. The first-order valence-electron chi connectivity index (χ1n) is 11.0. The van der Waals surface area contributed by atoms with Gasteiger partial charge in [-0.15, -0.1) is 0 Å². The number of benzene rings is 2. The number of nitrogens with zero attached hydrogens (tertiary/aromatic N) is 3. The van der Waals surface area contributed by atoms with Crippen molar-refractivity contribution >= 4 is 23.2 Å². The Balaban J connectivity index is 1.59. The quantitative estimate of drug-likeness (QED) is 0.608. The second-order valence-corrected chi connectivity index (χ2v) is 8.81. The summed E-state index contributed by atoms with van der Waals surface area (Å²) in [4.78, 5) is 31.5. The minimum atomic E-state index is -0.197. The van der Waals surface area contributed by atoms with E-state index in [9.17, 15) is 9.59 Å². The van der Waals surface area contributed by atoms with Crippen molar-refractivity contribution in [3.05, 3.63) is 71.7 Å². The monoisotopic (exact) mass is 429 g/mol. The number of anilines is 2. The lowest BCUT2D eigenvalue weighted by Gasteiger charge is -2.40. The summed E-state index contributed by atoms with van der Waals surface area (Å²) in [5.74, 6) is 0.0640. The van der Waals surface area contributed by atoms with Gasteiger partial charge in [0, 0.05) is 26.6 Å². The maximum atomic E-state index is 13.2. The Morgan fingerprint density at radius 2 is 1.78 bits per heavy atom. The molecular formula is C26H27N3O3. The van der Waals surface area contributed by atoms with Gasteiger partial charge < -0.3 is 19.1 Å². The third kappa shape index (κ3) is 3.50. The number of amides is 2. The maximum absolute atomic E-state index is 13.2. The normalized spacial score (nSPS) is 18.3. The van der Waals surface area contributed by atoms with Gasteiger partial charge in [0.1, 0.15) is 0 Å². The fourth-order valence-electron chi connectivity index (χ4n) is 4.88. The van der Waals surface area contributed by atoms with Gasteiger partial charge in [0.2, 0.25) is 5.91 Å². The van der Waals surface area contributed by atoms with Crippen molar-refractivity contribution in [2.24, 2.45) is 0 Å². The summed E-state index contributed by atoms with van der Waals surface area (Å²) >= 11 is 0. The van der Waals surface area contributed by atoms with Crippen LogP contribution in [0.2, 0.25) is 0 Å². The third-order valence-electron chi connectivity index (χ3n) is 6.47. The molecule has 0 spiro atoms. The van der Waals surface area contributed by atoms with E-state index in [0.717, 1.165) is 42.0 Å². The lowest BCUT2D eigenvalue weighted by molar-refractivity contribution is -0.117. The average Bonchev–Trinajstić information content (AvgIpc) is 3.32. The van der Waals surface area contributed by atoms with E-state index in [-0.39, 0.29) is 17.9 Å². The van der Waals surface area contributed by atoms with Crippen molar-refractivity contribution in [1.29, 1.82) is 0 Å². The van der Waals surface area contributed by atoms with E-state index in [4.69, 9.17) is 4.42 Å². The maximum Gasteiger partial charge on any atom is 0.294 e. The van der Waals surface area contributed by atoms with Crippen molar-refractivity contribution in [3.63, 3.8) is 0 Å². The van der Waals surface area contributed by atoms with Crippen LogP contribution in [0.3, 0.4) is 0 Å². The van der Waals surface area contributed by atoms with Crippen LogP contribution in [0.1, 0.15) is 35.5 Å². The molecule has 0 bridgehead atoms. The molecule has 6 nitrogen and oxygen atoms in total. The van der Waals surface area contributed by atoms with Gasteiger partial charge in [-0.3, -0.25) is 9.59 Å². The summed E-state index contributed by atoms with van der Waals surface area (Å²) in [5.41, 5.74) is 6.37. The first-order chi connectivity index (χ1) is 15.4. The molecule has 6 heteroatoms. The van der Waals surface area contributed by atoms with E-state index >= 15 is 0 Å². The van der Waals surface area contributed by atoms with Gasteiger partial charge in [-0.2, -0.15) is 0 Å². The van der Waals surface area contributed by atoms with Crippen LogP contribution in [0.15, 0.2) is 59.2 Å². The van der Waals surface area contributed by atoms with Crippen LogP contribution < -0.4 is 9.80 Å². The Hall–Kier alpha value is -3.38. The van der Waals surface area contributed by atoms with Crippen molar-refractivity contribution in [1.82, 2.24) is 4.90 Å². The van der Waals surface area contributed by atoms with Crippen LogP contribution in [-0.2, 0) is 17.8 Å². The molecule has 2 amide bonds. The fourth-order valence-corrected chi connectivity index (χ4v) is 4.88. The van der Waals surface area contributed by atoms with Crippen molar-refractivity contribution in [2.75, 3.05) is 29.9 Å². The zero-order valence-corrected chi connectivity index (χ0v) is 18.7. The van der Waals surface area contributed by atoms with Gasteiger partial charge in [0.05, 0.1) is 23.7 Å². The topological polar surface area (TPSA) is 57.0 Å². The molecule has 2 aliphatic rings. The molecule has 3 heterocycles. The van der Waals surface area contributed by atoms with Gasteiger partial charge in [-0.05, 0) is 66.9 Å². The predicted molar refractivity (Wildman–Crippen MR) is 125 cm³/mol. The van der Waals surface area contributed by atoms with Crippen molar-refractivity contribution < 1.29 is 14.0 Å². The largest absolute Gasteiger partial charge is 0.459 e. The molecule has 5 rings (SSSR count). The molecule has 0 saturated carbocycles. The number of rotatable bonds is 2. The Kier molecular flexibility index (Phi) is 5.10. The van der Waals surface area contributed by atoms with Gasteiger partial charge >= 0.3 is 0 Å². The molecule has 1 aromatic heterocycles. The Bertz CT molecular complexity index is 1190. The second kappa shape index (κ2) is 7.95. The number of likely N-dealkylation sites (N-methyl/N-ethyl adjacent to an activating group) is 1. The van der Waals surface area contributed by atoms with Crippen molar-refractivity contribution in [3.8, 4) is 11.1 Å². The highest BCUT2D eigenvalue weighted by molar-refractivity contribution is 6.10. The highest BCUT2D eigenvalue weighted by atomic mass is 16.3. The van der Waals surface area contributed by atoms with Gasteiger partial charge in [-0.25, -0.2) is 0 Å². The molecule has 0 aliphatic carbocycles. The highest BCUT2D eigenvalue weighted by Gasteiger charge is 2.35. The minimum Gasteiger partial charge on any atom is -0.459 e. The van der Waals surface area contributed by atoms with Crippen LogP contribution in [0.5, 0.6) is 0 Å². The fraction of sp³-hybridized carbons (Fsp3) is 0.308. The van der Waals surface area contributed by atoms with Gasteiger partial charge in [0.25, 0.3) is 5.91 Å². The van der Waals surface area contributed by atoms with Crippen LogP contribution in [-0.4, -0.2) is 42.9 Å². The van der Waals surface area contributed by atoms with E-state index in [2.05, 4.69) is 30.1 Å². The Morgan fingerprint density at radius 1 is 1.00 bits per heavy atom. The molecule has 0 N–H and O–H groups in total. The molecule has 0 fully saturated rings. The first kappa shape index (κ1) is 20.5. The molecule has 3 aromatic rings.